The molecule has 8 nitrogen and oxygen atoms in total. The van der Waals surface area contributed by atoms with Gasteiger partial charge in [0.15, 0.2) is 0 Å². The van der Waals surface area contributed by atoms with E-state index in [1.54, 1.807) is 24.3 Å². The minimum atomic E-state index is -1.07. The van der Waals surface area contributed by atoms with E-state index >= 15 is 0 Å². The number of anilines is 2. The average Bonchev–Trinajstić information content (AvgIpc) is 3.03. The van der Waals surface area contributed by atoms with Gasteiger partial charge in [-0.3, -0.25) is 9.59 Å². The molecular weight excluding hydrogens is 597 g/mol. The van der Waals surface area contributed by atoms with Crippen molar-refractivity contribution in [1.82, 2.24) is 0 Å². The molecule has 0 saturated carbocycles. The predicted molar refractivity (Wildman–Crippen MR) is 176 cm³/mol. The van der Waals surface area contributed by atoms with Crippen LogP contribution in [0.2, 0.25) is 0 Å². The van der Waals surface area contributed by atoms with Crippen molar-refractivity contribution in [3.05, 3.63) is 131 Å². The number of amides is 2. The van der Waals surface area contributed by atoms with Gasteiger partial charge in [0.25, 0.3) is 0 Å². The van der Waals surface area contributed by atoms with E-state index in [-0.39, 0.29) is 22.9 Å². The Morgan fingerprint density at radius 2 is 0.932 bits per heavy atom. The Hall–Kier alpha value is -4.54. The van der Waals surface area contributed by atoms with E-state index < -0.39 is 23.8 Å². The van der Waals surface area contributed by atoms with E-state index in [4.69, 9.17) is 0 Å². The van der Waals surface area contributed by atoms with Crippen LogP contribution in [-0.2, 0) is 22.4 Å². The molecule has 0 saturated heterocycles. The molecule has 4 aromatic carbocycles. The van der Waals surface area contributed by atoms with Gasteiger partial charge in [-0.25, -0.2) is 9.59 Å². The number of hydrogen-bond donors (Lipinski definition) is 4. The Morgan fingerprint density at radius 1 is 0.545 bits per heavy atom. The van der Waals surface area contributed by atoms with E-state index in [1.807, 2.05) is 60.7 Å². The number of carboxylic acid groups (broad SMARTS) is 2. The highest BCUT2D eigenvalue weighted by atomic mass is 33.1. The first-order valence-electron chi connectivity index (χ1n) is 13.9. The van der Waals surface area contributed by atoms with Crippen LogP contribution < -0.4 is 10.6 Å². The second-order valence-electron chi connectivity index (χ2n) is 10.1. The zero-order valence-corrected chi connectivity index (χ0v) is 25.4. The molecule has 0 spiro atoms. The summed E-state index contributed by atoms with van der Waals surface area (Å²) in [6.45, 7) is 0. The summed E-state index contributed by atoms with van der Waals surface area (Å²) in [6.07, 6.45) is 0.986. The third kappa shape index (κ3) is 10.0. The maximum Gasteiger partial charge on any atom is 0.335 e. The Kier molecular flexibility index (Phi) is 12.0. The molecule has 226 valence electrons. The van der Waals surface area contributed by atoms with Crippen LogP contribution in [0.15, 0.2) is 109 Å². The van der Waals surface area contributed by atoms with Gasteiger partial charge in [0.2, 0.25) is 11.8 Å². The van der Waals surface area contributed by atoms with Crippen molar-refractivity contribution >= 4 is 56.7 Å². The van der Waals surface area contributed by atoms with Gasteiger partial charge in [-0.1, -0.05) is 94.4 Å². The van der Waals surface area contributed by atoms with Gasteiger partial charge >= 0.3 is 11.9 Å². The summed E-state index contributed by atoms with van der Waals surface area (Å²) in [5.74, 6) is -2.49. The molecule has 0 aliphatic heterocycles. The van der Waals surface area contributed by atoms with Crippen LogP contribution in [0.3, 0.4) is 0 Å². The summed E-state index contributed by atoms with van der Waals surface area (Å²) >= 11 is 0. The maximum absolute atomic E-state index is 13.4. The average molecular weight is 629 g/mol. The molecule has 0 fully saturated rings. The van der Waals surface area contributed by atoms with Crippen LogP contribution in [0.1, 0.15) is 31.8 Å². The summed E-state index contributed by atoms with van der Waals surface area (Å²) in [7, 11) is 3.00. The monoisotopic (exact) mass is 628 g/mol. The van der Waals surface area contributed by atoms with Gasteiger partial charge in [0.1, 0.15) is 0 Å². The van der Waals surface area contributed by atoms with Crippen LogP contribution in [-0.4, -0.2) is 45.5 Å². The van der Waals surface area contributed by atoms with E-state index in [1.165, 1.54) is 45.9 Å². The molecule has 2 amide bonds. The van der Waals surface area contributed by atoms with E-state index in [9.17, 15) is 29.4 Å². The third-order valence-electron chi connectivity index (χ3n) is 6.77. The molecule has 0 aliphatic carbocycles. The normalized spacial score (nSPS) is 12.1. The number of rotatable bonds is 15. The number of hydrogen-bond acceptors (Lipinski definition) is 6. The van der Waals surface area contributed by atoms with Crippen molar-refractivity contribution in [2.45, 2.75) is 12.8 Å². The molecule has 0 heterocycles. The van der Waals surface area contributed by atoms with Crippen molar-refractivity contribution in [2.24, 2.45) is 11.8 Å². The van der Waals surface area contributed by atoms with E-state index in [0.29, 0.717) is 35.7 Å². The molecule has 4 rings (SSSR count). The van der Waals surface area contributed by atoms with Gasteiger partial charge in [-0.15, -0.1) is 0 Å². The largest absolute Gasteiger partial charge is 0.478 e. The fourth-order valence-corrected chi connectivity index (χ4v) is 7.08. The number of aromatic carboxylic acids is 2. The SMILES string of the molecule is O=C(O)c1cccc(NC(=O)C(CSSCC(Cc2ccccc2)C(=O)Nc2cccc(C(=O)O)c2)Cc2ccccc2)c1. The number of carbonyl (C=O) groups excluding carboxylic acids is 2. The van der Waals surface area contributed by atoms with Crippen LogP contribution in [0.4, 0.5) is 11.4 Å². The van der Waals surface area contributed by atoms with Crippen LogP contribution >= 0.6 is 21.6 Å². The van der Waals surface area contributed by atoms with Crippen molar-refractivity contribution in [3.8, 4) is 0 Å². The Balaban J connectivity index is 1.42. The number of carbonyl (C=O) groups is 4. The highest BCUT2D eigenvalue weighted by Crippen LogP contribution is 2.30. The lowest BCUT2D eigenvalue weighted by Gasteiger charge is -2.19. The van der Waals surface area contributed by atoms with Gasteiger partial charge in [0.05, 0.1) is 23.0 Å². The lowest BCUT2D eigenvalue weighted by molar-refractivity contribution is -0.120. The highest BCUT2D eigenvalue weighted by Gasteiger charge is 2.23. The first kappa shape index (κ1) is 32.4. The number of benzene rings is 4. The first-order chi connectivity index (χ1) is 21.3. The molecule has 0 aromatic heterocycles. The molecule has 4 N–H and O–H groups in total. The standard InChI is InChI=1S/C34H32N2O6S2/c37-31(35-29-15-7-13-25(19-29)33(39)40)27(17-23-9-3-1-4-10-23)21-43-44-22-28(18-24-11-5-2-6-12-24)32(38)36-30-16-8-14-26(20-30)34(41)42/h1-16,19-20,27-28H,17-18,21-22H2,(H,35,37)(H,36,38)(H,39,40)(H,41,42). The van der Waals surface area contributed by atoms with Crippen molar-refractivity contribution in [1.29, 1.82) is 0 Å². The Labute approximate surface area is 263 Å². The molecule has 2 atom stereocenters. The summed E-state index contributed by atoms with van der Waals surface area (Å²) in [4.78, 5) is 49.5. The zero-order valence-electron chi connectivity index (χ0n) is 23.7. The topological polar surface area (TPSA) is 133 Å². The maximum atomic E-state index is 13.4. The molecule has 2 unspecified atom stereocenters. The van der Waals surface area contributed by atoms with E-state index in [2.05, 4.69) is 10.6 Å². The minimum Gasteiger partial charge on any atom is -0.478 e. The summed E-state index contributed by atoms with van der Waals surface area (Å²) < 4.78 is 0. The smallest absolute Gasteiger partial charge is 0.335 e. The van der Waals surface area contributed by atoms with Crippen LogP contribution in [0, 0.1) is 11.8 Å². The van der Waals surface area contributed by atoms with Crippen molar-refractivity contribution < 1.29 is 29.4 Å². The zero-order chi connectivity index (χ0) is 31.3. The van der Waals surface area contributed by atoms with E-state index in [0.717, 1.165) is 11.1 Å². The second kappa shape index (κ2) is 16.3. The van der Waals surface area contributed by atoms with Gasteiger partial charge < -0.3 is 20.8 Å². The Morgan fingerprint density at radius 3 is 1.30 bits per heavy atom. The second-order valence-corrected chi connectivity index (χ2v) is 12.6. The quantitative estimate of drug-likeness (QED) is 0.0839. The molecule has 44 heavy (non-hydrogen) atoms. The van der Waals surface area contributed by atoms with Crippen LogP contribution in [0.25, 0.3) is 0 Å². The first-order valence-corrected chi connectivity index (χ1v) is 16.4. The van der Waals surface area contributed by atoms with Gasteiger partial charge in [-0.05, 0) is 60.4 Å². The molecule has 0 aliphatic rings. The highest BCUT2D eigenvalue weighted by molar-refractivity contribution is 8.76. The molecule has 10 heteroatoms. The van der Waals surface area contributed by atoms with Crippen molar-refractivity contribution in [2.75, 3.05) is 22.1 Å². The molecule has 4 aromatic rings. The Bertz CT molecular complexity index is 1460. The molecular formula is C34H32N2O6S2. The fourth-order valence-electron chi connectivity index (χ4n) is 4.46. The lowest BCUT2D eigenvalue weighted by Crippen LogP contribution is -2.27. The predicted octanol–water partition coefficient (Wildman–Crippen LogP) is 6.76. The fraction of sp³-hybridized carbons (Fsp3) is 0.176. The molecule has 0 bridgehead atoms. The third-order valence-corrected chi connectivity index (χ3v) is 9.33. The lowest BCUT2D eigenvalue weighted by atomic mass is 10.00. The molecule has 0 radical (unpaired) electrons. The minimum absolute atomic E-state index is 0.0877. The summed E-state index contributed by atoms with van der Waals surface area (Å²) in [6, 6.07) is 31.6. The van der Waals surface area contributed by atoms with Gasteiger partial charge in [-0.2, -0.15) is 0 Å². The number of nitrogens with one attached hydrogen (secondary N) is 2. The number of carboxylic acids is 2. The van der Waals surface area contributed by atoms with Crippen molar-refractivity contribution in [3.63, 3.8) is 0 Å². The van der Waals surface area contributed by atoms with Gasteiger partial charge in [0, 0.05) is 22.9 Å². The summed E-state index contributed by atoms with van der Waals surface area (Å²) in [5.41, 5.74) is 3.01. The van der Waals surface area contributed by atoms with Crippen LogP contribution in [0.5, 0.6) is 0 Å². The summed E-state index contributed by atoms with van der Waals surface area (Å²) in [5, 5.41) is 24.4.